The van der Waals surface area contributed by atoms with Gasteiger partial charge in [0.2, 0.25) is 0 Å². The van der Waals surface area contributed by atoms with Gasteiger partial charge in [-0.2, -0.15) is 0 Å². The lowest BCUT2D eigenvalue weighted by Crippen LogP contribution is -1.81. The van der Waals surface area contributed by atoms with E-state index in [9.17, 15) is 4.39 Å². The molecule has 0 aliphatic carbocycles. The average Bonchev–Trinajstić information content (AvgIpc) is 1.80. The molecule has 0 aromatic heterocycles. The summed E-state index contributed by atoms with van der Waals surface area (Å²) in [5.41, 5.74) is 1.50. The molecule has 1 radical (unpaired) electrons. The maximum Gasteiger partial charge on any atom is 0.126 e. The number of halogens is 1. The van der Waals surface area contributed by atoms with E-state index in [0.717, 1.165) is 5.56 Å². The zero-order chi connectivity index (χ0) is 6.85. The van der Waals surface area contributed by atoms with Crippen molar-refractivity contribution in [1.29, 1.82) is 0 Å². The average molecular weight is 123 g/mol. The predicted octanol–water partition coefficient (Wildman–Crippen LogP) is 2.24. The molecule has 1 rings (SSSR count). The summed E-state index contributed by atoms with van der Waals surface area (Å²) in [6.07, 6.45) is 0. The number of hydrogen-bond donors (Lipinski definition) is 0. The summed E-state index contributed by atoms with van der Waals surface area (Å²) in [5, 5.41) is 0. The Balaban J connectivity index is 3.17. The molecule has 0 bridgehead atoms. The second-order valence-corrected chi connectivity index (χ2v) is 2.15. The first-order valence-electron chi connectivity index (χ1n) is 2.84. The number of aryl methyl sites for hydroxylation is 2. The summed E-state index contributed by atoms with van der Waals surface area (Å²) in [6, 6.07) is 6.07. The van der Waals surface area contributed by atoms with Crippen molar-refractivity contribution in [3.8, 4) is 0 Å². The van der Waals surface area contributed by atoms with Crippen molar-refractivity contribution in [2.45, 2.75) is 13.8 Å². The summed E-state index contributed by atoms with van der Waals surface area (Å²) in [6.45, 7) is 3.55. The SMILES string of the molecule is Cc1c[c]c(C)c(F)c1. The van der Waals surface area contributed by atoms with Crippen LogP contribution in [0.1, 0.15) is 11.1 Å². The lowest BCUT2D eigenvalue weighted by atomic mass is 10.2. The van der Waals surface area contributed by atoms with Gasteiger partial charge in [-0.3, -0.25) is 0 Å². The molecule has 0 amide bonds. The summed E-state index contributed by atoms with van der Waals surface area (Å²) in [5.74, 6) is -0.171. The fourth-order valence-electron chi connectivity index (χ4n) is 0.641. The van der Waals surface area contributed by atoms with Gasteiger partial charge < -0.3 is 0 Å². The van der Waals surface area contributed by atoms with Gasteiger partial charge in [0, 0.05) is 0 Å². The molecule has 0 atom stereocenters. The Bertz CT molecular complexity index is 216. The van der Waals surface area contributed by atoms with Crippen molar-refractivity contribution in [2.24, 2.45) is 0 Å². The molecule has 0 saturated heterocycles. The van der Waals surface area contributed by atoms with Crippen LogP contribution in [0.15, 0.2) is 12.1 Å². The van der Waals surface area contributed by atoms with E-state index in [1.807, 2.05) is 6.92 Å². The minimum absolute atomic E-state index is 0.171. The Morgan fingerprint density at radius 2 is 2.11 bits per heavy atom. The summed E-state index contributed by atoms with van der Waals surface area (Å²) in [4.78, 5) is 0. The van der Waals surface area contributed by atoms with Crippen molar-refractivity contribution in [1.82, 2.24) is 0 Å². The summed E-state index contributed by atoms with van der Waals surface area (Å²) < 4.78 is 12.5. The van der Waals surface area contributed by atoms with E-state index in [2.05, 4.69) is 6.07 Å². The smallest absolute Gasteiger partial charge is 0.126 e. The van der Waals surface area contributed by atoms with Crippen LogP contribution < -0.4 is 0 Å². The molecule has 0 spiro atoms. The molecule has 0 unspecified atom stereocenters. The largest absolute Gasteiger partial charge is 0.207 e. The van der Waals surface area contributed by atoms with E-state index in [4.69, 9.17) is 0 Å². The van der Waals surface area contributed by atoms with Crippen LogP contribution in [0.4, 0.5) is 4.39 Å². The third-order valence-electron chi connectivity index (χ3n) is 1.23. The fourth-order valence-corrected chi connectivity index (χ4v) is 0.641. The van der Waals surface area contributed by atoms with Gasteiger partial charge >= 0.3 is 0 Å². The number of benzene rings is 1. The molecule has 9 heavy (non-hydrogen) atoms. The molecule has 0 nitrogen and oxygen atoms in total. The van der Waals surface area contributed by atoms with Crippen LogP contribution in [-0.4, -0.2) is 0 Å². The second kappa shape index (κ2) is 2.18. The summed E-state index contributed by atoms with van der Waals surface area (Å²) in [7, 11) is 0. The minimum Gasteiger partial charge on any atom is -0.207 e. The van der Waals surface area contributed by atoms with Gasteiger partial charge in [-0.1, -0.05) is 6.07 Å². The first kappa shape index (κ1) is 6.27. The van der Waals surface area contributed by atoms with Crippen LogP contribution in [0.3, 0.4) is 0 Å². The van der Waals surface area contributed by atoms with Crippen LogP contribution in [-0.2, 0) is 0 Å². The molecule has 1 heteroatoms. The molecular formula is C8H8F. The third-order valence-corrected chi connectivity index (χ3v) is 1.23. The van der Waals surface area contributed by atoms with Crippen LogP contribution in [0.2, 0.25) is 0 Å². The quantitative estimate of drug-likeness (QED) is 0.496. The Labute approximate surface area is 54.3 Å². The van der Waals surface area contributed by atoms with Crippen molar-refractivity contribution in [2.75, 3.05) is 0 Å². The van der Waals surface area contributed by atoms with Crippen molar-refractivity contribution in [3.63, 3.8) is 0 Å². The Morgan fingerprint density at radius 1 is 1.44 bits per heavy atom. The van der Waals surface area contributed by atoms with Crippen LogP contribution in [0, 0.1) is 25.7 Å². The van der Waals surface area contributed by atoms with E-state index in [-0.39, 0.29) is 5.82 Å². The molecule has 1 aromatic rings. The van der Waals surface area contributed by atoms with Gasteiger partial charge in [0.25, 0.3) is 0 Å². The third kappa shape index (κ3) is 1.28. The number of hydrogen-bond acceptors (Lipinski definition) is 0. The molecule has 0 aliphatic heterocycles. The highest BCUT2D eigenvalue weighted by Crippen LogP contribution is 2.06. The zero-order valence-corrected chi connectivity index (χ0v) is 5.53. The highest BCUT2D eigenvalue weighted by molar-refractivity contribution is 5.20. The van der Waals surface area contributed by atoms with Crippen molar-refractivity contribution < 1.29 is 4.39 Å². The van der Waals surface area contributed by atoms with E-state index < -0.39 is 0 Å². The zero-order valence-electron chi connectivity index (χ0n) is 5.53. The van der Waals surface area contributed by atoms with Gasteiger partial charge in [-0.15, -0.1) is 0 Å². The Morgan fingerprint density at radius 3 is 2.56 bits per heavy atom. The standard InChI is InChI=1S/C8H8F/c1-6-3-4-7(2)8(9)5-6/h3,5H,1-2H3. The van der Waals surface area contributed by atoms with Crippen molar-refractivity contribution >= 4 is 0 Å². The maximum atomic E-state index is 12.5. The molecule has 0 aliphatic rings. The maximum absolute atomic E-state index is 12.5. The Hall–Kier alpha value is -0.850. The number of rotatable bonds is 0. The van der Waals surface area contributed by atoms with Crippen LogP contribution in [0.25, 0.3) is 0 Å². The van der Waals surface area contributed by atoms with Gasteiger partial charge in [0.1, 0.15) is 5.82 Å². The first-order chi connectivity index (χ1) is 4.20. The van der Waals surface area contributed by atoms with Crippen molar-refractivity contribution in [3.05, 3.63) is 35.1 Å². The van der Waals surface area contributed by atoms with E-state index in [1.54, 1.807) is 13.0 Å². The second-order valence-electron chi connectivity index (χ2n) is 2.15. The van der Waals surface area contributed by atoms with Gasteiger partial charge in [0.15, 0.2) is 0 Å². The molecular weight excluding hydrogens is 115 g/mol. The monoisotopic (exact) mass is 123 g/mol. The molecule has 0 heterocycles. The van der Waals surface area contributed by atoms with E-state index in [0.29, 0.717) is 5.56 Å². The van der Waals surface area contributed by atoms with Gasteiger partial charge in [-0.25, -0.2) is 4.39 Å². The molecule has 0 fully saturated rings. The van der Waals surface area contributed by atoms with Gasteiger partial charge in [-0.05, 0) is 37.1 Å². The normalized spacial score (nSPS) is 9.67. The molecule has 47 valence electrons. The molecule has 1 aromatic carbocycles. The van der Waals surface area contributed by atoms with E-state index in [1.165, 1.54) is 6.07 Å². The first-order valence-corrected chi connectivity index (χ1v) is 2.84. The topological polar surface area (TPSA) is 0 Å². The lowest BCUT2D eigenvalue weighted by Gasteiger charge is -1.94. The minimum atomic E-state index is -0.171. The predicted molar refractivity (Wildman–Crippen MR) is 34.7 cm³/mol. The molecule has 0 saturated carbocycles. The van der Waals surface area contributed by atoms with Gasteiger partial charge in [0.05, 0.1) is 0 Å². The highest BCUT2D eigenvalue weighted by Gasteiger charge is 1.93. The van der Waals surface area contributed by atoms with E-state index >= 15 is 0 Å². The van der Waals surface area contributed by atoms with Crippen LogP contribution >= 0.6 is 0 Å². The highest BCUT2D eigenvalue weighted by atomic mass is 19.1. The molecule has 0 N–H and O–H groups in total. The summed E-state index contributed by atoms with van der Waals surface area (Å²) >= 11 is 0. The lowest BCUT2D eigenvalue weighted by molar-refractivity contribution is 0.617. The Kier molecular flexibility index (Phi) is 1.52. The van der Waals surface area contributed by atoms with Crippen LogP contribution in [0.5, 0.6) is 0 Å². The fraction of sp³-hybridized carbons (Fsp3) is 0.250.